The van der Waals surface area contributed by atoms with Gasteiger partial charge in [-0.1, -0.05) is 24.3 Å². The molecule has 1 unspecified atom stereocenters. The second kappa shape index (κ2) is 6.93. The molecule has 0 fully saturated rings. The molecule has 0 radical (unpaired) electrons. The summed E-state index contributed by atoms with van der Waals surface area (Å²) in [5.74, 6) is -0.101. The van der Waals surface area contributed by atoms with Crippen LogP contribution in [0.25, 0.3) is 6.08 Å². The number of alkyl halides is 3. The van der Waals surface area contributed by atoms with E-state index < -0.39 is 24.7 Å². The third-order valence-electron chi connectivity index (χ3n) is 3.84. The smallest absolute Gasteiger partial charge is 0.408 e. The van der Waals surface area contributed by atoms with E-state index in [-0.39, 0.29) is 17.8 Å². The number of halogens is 4. The van der Waals surface area contributed by atoms with Crippen molar-refractivity contribution in [3.63, 3.8) is 0 Å². The Morgan fingerprint density at radius 1 is 1.24 bits per heavy atom. The first kappa shape index (κ1) is 17.6. The van der Waals surface area contributed by atoms with Crippen molar-refractivity contribution in [3.8, 4) is 0 Å². The molecular weight excluding hydrogens is 357 g/mol. The van der Waals surface area contributed by atoms with Gasteiger partial charge in [0.05, 0.1) is 18.5 Å². The van der Waals surface area contributed by atoms with E-state index in [0.717, 1.165) is 9.32 Å². The normalized spacial score (nSPS) is 19.3. The van der Waals surface area contributed by atoms with Gasteiger partial charge in [-0.3, -0.25) is 9.69 Å². The van der Waals surface area contributed by atoms with Crippen LogP contribution >= 0.6 is 11.8 Å². The second-order valence-corrected chi connectivity index (χ2v) is 5.86. The summed E-state index contributed by atoms with van der Waals surface area (Å²) >= 11 is 5.95. The molecular formula is C17H14ClF3N2O2. The average molecular weight is 371 g/mol. The van der Waals surface area contributed by atoms with Crippen LogP contribution in [-0.4, -0.2) is 30.1 Å². The quantitative estimate of drug-likeness (QED) is 0.751. The summed E-state index contributed by atoms with van der Waals surface area (Å²) in [6.07, 6.45) is -0.00320. The van der Waals surface area contributed by atoms with Crippen LogP contribution in [-0.2, 0) is 4.79 Å². The van der Waals surface area contributed by atoms with E-state index in [9.17, 15) is 18.0 Å². The van der Waals surface area contributed by atoms with Gasteiger partial charge in [0.2, 0.25) is 0 Å². The first-order chi connectivity index (χ1) is 11.9. The van der Waals surface area contributed by atoms with Crippen LogP contribution in [0.2, 0.25) is 0 Å². The van der Waals surface area contributed by atoms with Crippen LogP contribution in [0.5, 0.6) is 0 Å². The number of rotatable bonds is 3. The molecule has 8 heteroatoms. The van der Waals surface area contributed by atoms with E-state index >= 15 is 0 Å². The Morgan fingerprint density at radius 2 is 2.00 bits per heavy atom. The van der Waals surface area contributed by atoms with Crippen molar-refractivity contribution >= 4 is 29.4 Å². The molecule has 1 aliphatic heterocycles. The van der Waals surface area contributed by atoms with Gasteiger partial charge in [-0.05, 0) is 24.3 Å². The van der Waals surface area contributed by atoms with Gasteiger partial charge in [-0.25, -0.2) is 4.42 Å². The van der Waals surface area contributed by atoms with Crippen molar-refractivity contribution in [1.82, 2.24) is 4.90 Å². The van der Waals surface area contributed by atoms with Gasteiger partial charge in [0.25, 0.3) is 5.91 Å². The summed E-state index contributed by atoms with van der Waals surface area (Å²) in [5, 5.41) is 0. The number of para-hydroxylation sites is 1. The molecule has 132 valence electrons. The third kappa shape index (κ3) is 3.72. The molecule has 0 saturated heterocycles. The van der Waals surface area contributed by atoms with Crippen LogP contribution in [0.3, 0.4) is 0 Å². The molecule has 3 rings (SSSR count). The maximum absolute atomic E-state index is 13.7. The molecule has 2 heterocycles. The number of fused-ring (bicyclic) bond motifs is 1. The van der Waals surface area contributed by atoms with Crippen LogP contribution in [0.4, 0.5) is 18.9 Å². The van der Waals surface area contributed by atoms with Crippen LogP contribution in [0.15, 0.2) is 53.2 Å². The first-order valence-electron chi connectivity index (χ1n) is 7.46. The van der Waals surface area contributed by atoms with Crippen molar-refractivity contribution in [2.24, 2.45) is 0 Å². The minimum Gasteiger partial charge on any atom is -0.465 e. The molecule has 1 atom stereocenters. The number of hydrogen-bond acceptors (Lipinski definition) is 3. The van der Waals surface area contributed by atoms with Crippen molar-refractivity contribution < 1.29 is 22.4 Å². The minimum absolute atomic E-state index is 0.0500. The SMILES string of the molecule is O=C1CN(CC=Cc2ccco2)C(C(F)(F)F)c2ccccc2N1Cl. The molecule has 2 aromatic rings. The molecule has 1 aromatic heterocycles. The number of nitrogens with zero attached hydrogens (tertiary/aromatic N) is 2. The number of furan rings is 1. The lowest BCUT2D eigenvalue weighted by Crippen LogP contribution is -2.41. The summed E-state index contributed by atoms with van der Waals surface area (Å²) in [5.41, 5.74) is -0.00347. The van der Waals surface area contributed by atoms with Crippen molar-refractivity contribution in [2.75, 3.05) is 17.5 Å². The fraction of sp³-hybridized carbons (Fsp3) is 0.235. The Balaban J connectivity index is 1.96. The van der Waals surface area contributed by atoms with E-state index in [1.807, 2.05) is 0 Å². The maximum Gasteiger partial charge on any atom is 0.408 e. The summed E-state index contributed by atoms with van der Waals surface area (Å²) in [4.78, 5) is 13.2. The lowest BCUT2D eigenvalue weighted by molar-refractivity contribution is -0.184. The molecule has 25 heavy (non-hydrogen) atoms. The zero-order valence-corrected chi connectivity index (χ0v) is 13.7. The number of amides is 1. The fourth-order valence-corrected chi connectivity index (χ4v) is 3.01. The highest BCUT2D eigenvalue weighted by molar-refractivity contribution is 6.37. The van der Waals surface area contributed by atoms with Gasteiger partial charge >= 0.3 is 6.18 Å². The second-order valence-electron chi connectivity index (χ2n) is 5.52. The predicted octanol–water partition coefficient (Wildman–Crippen LogP) is 4.40. The van der Waals surface area contributed by atoms with Gasteiger partial charge in [0, 0.05) is 23.9 Å². The zero-order valence-electron chi connectivity index (χ0n) is 12.9. The van der Waals surface area contributed by atoms with Gasteiger partial charge in [-0.2, -0.15) is 13.2 Å². The van der Waals surface area contributed by atoms with Crippen molar-refractivity contribution in [1.29, 1.82) is 0 Å². The molecule has 4 nitrogen and oxygen atoms in total. The zero-order chi connectivity index (χ0) is 18.0. The van der Waals surface area contributed by atoms with Crippen LogP contribution < -0.4 is 4.42 Å². The monoisotopic (exact) mass is 370 g/mol. The topological polar surface area (TPSA) is 36.7 Å². The molecule has 1 aromatic carbocycles. The summed E-state index contributed by atoms with van der Waals surface area (Å²) in [6.45, 7) is -0.541. The summed E-state index contributed by atoms with van der Waals surface area (Å²) < 4.78 is 47.1. The van der Waals surface area contributed by atoms with Gasteiger partial charge in [0.15, 0.2) is 0 Å². The van der Waals surface area contributed by atoms with Crippen LogP contribution in [0, 0.1) is 0 Å². The van der Waals surface area contributed by atoms with E-state index in [1.54, 1.807) is 24.3 Å². The van der Waals surface area contributed by atoms with E-state index in [0.29, 0.717) is 5.76 Å². The Morgan fingerprint density at radius 3 is 2.68 bits per heavy atom. The highest BCUT2D eigenvalue weighted by Gasteiger charge is 2.48. The molecule has 0 aliphatic carbocycles. The molecule has 1 amide bonds. The third-order valence-corrected chi connectivity index (χ3v) is 4.21. The van der Waals surface area contributed by atoms with Crippen molar-refractivity contribution in [2.45, 2.75) is 12.2 Å². The number of hydrogen-bond donors (Lipinski definition) is 0. The fourth-order valence-electron chi connectivity index (χ4n) is 2.80. The van der Waals surface area contributed by atoms with E-state index in [4.69, 9.17) is 16.2 Å². The Labute approximate surface area is 147 Å². The Hall–Kier alpha value is -2.25. The number of carbonyl (C=O) groups excluding carboxylic acids is 1. The molecule has 0 N–H and O–H groups in total. The summed E-state index contributed by atoms with van der Waals surface area (Å²) in [7, 11) is 0. The number of carbonyl (C=O) groups is 1. The Kier molecular flexibility index (Phi) is 4.87. The highest BCUT2D eigenvalue weighted by atomic mass is 35.5. The number of benzene rings is 1. The van der Waals surface area contributed by atoms with E-state index in [1.165, 1.54) is 30.5 Å². The lowest BCUT2D eigenvalue weighted by Gasteiger charge is -2.30. The predicted molar refractivity (Wildman–Crippen MR) is 87.9 cm³/mol. The molecule has 0 saturated carbocycles. The van der Waals surface area contributed by atoms with Crippen LogP contribution in [0.1, 0.15) is 17.4 Å². The highest BCUT2D eigenvalue weighted by Crippen LogP contribution is 2.43. The van der Waals surface area contributed by atoms with Gasteiger partial charge in [0.1, 0.15) is 11.8 Å². The van der Waals surface area contributed by atoms with Gasteiger partial charge in [-0.15, -0.1) is 0 Å². The summed E-state index contributed by atoms with van der Waals surface area (Å²) in [6, 6.07) is 7.20. The molecule has 0 bridgehead atoms. The first-order valence-corrected chi connectivity index (χ1v) is 7.80. The van der Waals surface area contributed by atoms with Gasteiger partial charge < -0.3 is 4.42 Å². The van der Waals surface area contributed by atoms with Crippen molar-refractivity contribution in [3.05, 3.63) is 60.1 Å². The maximum atomic E-state index is 13.7. The average Bonchev–Trinajstić information content (AvgIpc) is 3.03. The lowest BCUT2D eigenvalue weighted by atomic mass is 10.0. The largest absolute Gasteiger partial charge is 0.465 e. The van der Waals surface area contributed by atoms with E-state index in [2.05, 4.69) is 0 Å². The number of anilines is 1. The molecule has 0 spiro atoms. The Bertz CT molecular complexity index is 774. The minimum atomic E-state index is -4.56. The molecule has 1 aliphatic rings. The standard InChI is InChI=1S/C17H14ClF3N2O2/c18-23-14-8-2-1-7-13(14)16(17(19,20)21)22(11-15(23)24)9-3-5-12-6-4-10-25-12/h1-8,10,16H,9,11H2.